The first-order valence-corrected chi connectivity index (χ1v) is 13.7. The molecule has 1 aliphatic carbocycles. The quantitative estimate of drug-likeness (QED) is 0.725. The Labute approximate surface area is 197 Å². The molecule has 2 aromatic carbocycles. The van der Waals surface area contributed by atoms with Crippen molar-refractivity contribution < 1.29 is 13.2 Å². The van der Waals surface area contributed by atoms with Gasteiger partial charge in [-0.25, -0.2) is 8.42 Å². The second-order valence-electron chi connectivity index (χ2n) is 9.52. The Morgan fingerprint density at radius 3 is 2.27 bits per heavy atom. The molecule has 0 spiro atoms. The third kappa shape index (κ3) is 4.66. The van der Waals surface area contributed by atoms with E-state index in [4.69, 9.17) is 0 Å². The fraction of sp³-hybridized carbons (Fsp3) is 0.500. The molecule has 1 amide bonds. The van der Waals surface area contributed by atoms with Crippen LogP contribution in [-0.2, 0) is 21.2 Å². The number of benzene rings is 2. The zero-order valence-corrected chi connectivity index (χ0v) is 19.9. The summed E-state index contributed by atoms with van der Waals surface area (Å²) in [4.78, 5) is 15.6. The van der Waals surface area contributed by atoms with Gasteiger partial charge in [-0.1, -0.05) is 24.3 Å². The number of hydrogen-bond acceptors (Lipinski definition) is 4. The zero-order chi connectivity index (χ0) is 22.8. The number of fused-ring (bicyclic) bond motifs is 1. The van der Waals surface area contributed by atoms with Crippen molar-refractivity contribution in [2.24, 2.45) is 5.92 Å². The molecule has 33 heavy (non-hydrogen) atoms. The molecule has 2 fully saturated rings. The molecule has 1 N–H and O–H groups in total. The Bertz CT molecular complexity index is 1090. The molecule has 0 bridgehead atoms. The van der Waals surface area contributed by atoms with Gasteiger partial charge in [0.2, 0.25) is 15.9 Å². The van der Waals surface area contributed by atoms with Crippen molar-refractivity contribution in [1.29, 1.82) is 0 Å². The summed E-state index contributed by atoms with van der Waals surface area (Å²) in [6.07, 6.45) is 6.72. The maximum atomic E-state index is 13.0. The standard InChI is InChI=1S/C26H33N3O3S/c30-26(27-25-9-5-7-20-6-1-2-8-24(20)25)21-14-18-28(19-15-21)22-10-12-23(13-11-22)33(31,32)29-16-3-4-17-29/h1-2,6,8,10-13,21,25H,3-5,7,9,14-19H2,(H,27,30)/t25-/m1/s1. The number of amides is 1. The number of hydrogen-bond donors (Lipinski definition) is 1. The lowest BCUT2D eigenvalue weighted by molar-refractivity contribution is -0.126. The number of sulfonamides is 1. The number of nitrogens with one attached hydrogen (secondary N) is 1. The van der Waals surface area contributed by atoms with Gasteiger partial charge in [0.15, 0.2) is 0 Å². The highest BCUT2D eigenvalue weighted by molar-refractivity contribution is 7.89. The highest BCUT2D eigenvalue weighted by Crippen LogP contribution is 2.31. The maximum Gasteiger partial charge on any atom is 0.243 e. The van der Waals surface area contributed by atoms with Crippen LogP contribution in [0.4, 0.5) is 5.69 Å². The van der Waals surface area contributed by atoms with Crippen LogP contribution in [0.25, 0.3) is 0 Å². The Balaban J connectivity index is 1.17. The fourth-order valence-electron chi connectivity index (χ4n) is 5.50. The number of piperidine rings is 1. The Morgan fingerprint density at radius 2 is 1.55 bits per heavy atom. The minimum Gasteiger partial charge on any atom is -0.371 e. The first kappa shape index (κ1) is 22.4. The molecular weight excluding hydrogens is 434 g/mol. The average molecular weight is 468 g/mol. The summed E-state index contributed by atoms with van der Waals surface area (Å²) in [5.41, 5.74) is 3.66. The van der Waals surface area contributed by atoms with Crippen LogP contribution in [0.1, 0.15) is 55.7 Å². The Hall–Kier alpha value is -2.38. The average Bonchev–Trinajstić information content (AvgIpc) is 3.41. The molecule has 1 atom stereocenters. The van der Waals surface area contributed by atoms with Crippen LogP contribution in [-0.4, -0.2) is 44.8 Å². The normalized spacial score (nSPS) is 22.2. The number of carbonyl (C=O) groups is 1. The van der Waals surface area contributed by atoms with E-state index in [-0.39, 0.29) is 17.9 Å². The summed E-state index contributed by atoms with van der Waals surface area (Å²) < 4.78 is 27.1. The molecule has 6 nitrogen and oxygen atoms in total. The van der Waals surface area contributed by atoms with Gasteiger partial charge in [0, 0.05) is 37.8 Å². The largest absolute Gasteiger partial charge is 0.371 e. The van der Waals surface area contributed by atoms with E-state index in [1.165, 1.54) is 11.1 Å². The van der Waals surface area contributed by atoms with Crippen LogP contribution < -0.4 is 10.2 Å². The van der Waals surface area contributed by atoms with Crippen LogP contribution in [0.2, 0.25) is 0 Å². The summed E-state index contributed by atoms with van der Waals surface area (Å²) in [6, 6.07) is 15.8. The van der Waals surface area contributed by atoms with Crippen LogP contribution in [0.3, 0.4) is 0 Å². The molecule has 2 aliphatic heterocycles. The van der Waals surface area contributed by atoms with E-state index < -0.39 is 10.0 Å². The van der Waals surface area contributed by atoms with Crippen LogP contribution in [0.5, 0.6) is 0 Å². The van der Waals surface area contributed by atoms with Gasteiger partial charge in [-0.05, 0) is 80.3 Å². The highest BCUT2D eigenvalue weighted by atomic mass is 32.2. The lowest BCUT2D eigenvalue weighted by Crippen LogP contribution is -2.42. The van der Waals surface area contributed by atoms with Gasteiger partial charge in [0.1, 0.15) is 0 Å². The van der Waals surface area contributed by atoms with Gasteiger partial charge < -0.3 is 10.2 Å². The molecule has 3 aliphatic rings. The Morgan fingerprint density at radius 1 is 0.848 bits per heavy atom. The number of aryl methyl sites for hydroxylation is 1. The minimum absolute atomic E-state index is 0.0326. The highest BCUT2D eigenvalue weighted by Gasteiger charge is 2.30. The Kier molecular flexibility index (Phi) is 6.43. The van der Waals surface area contributed by atoms with E-state index in [9.17, 15) is 13.2 Å². The number of rotatable bonds is 5. The topological polar surface area (TPSA) is 69.7 Å². The van der Waals surface area contributed by atoms with Crippen molar-refractivity contribution >= 4 is 21.6 Å². The fourth-order valence-corrected chi connectivity index (χ4v) is 7.02. The van der Waals surface area contributed by atoms with Crippen molar-refractivity contribution in [3.8, 4) is 0 Å². The molecule has 0 unspecified atom stereocenters. The van der Waals surface area contributed by atoms with Gasteiger partial charge in [0.25, 0.3) is 0 Å². The summed E-state index contributed by atoms with van der Waals surface area (Å²) in [5, 5.41) is 3.32. The lowest BCUT2D eigenvalue weighted by atomic mass is 9.87. The van der Waals surface area contributed by atoms with E-state index in [2.05, 4.69) is 34.5 Å². The SMILES string of the molecule is O=C(N[C@@H]1CCCc2ccccc21)C1CCN(c2ccc(S(=O)(=O)N3CCCC3)cc2)CC1. The minimum atomic E-state index is -3.38. The maximum absolute atomic E-state index is 13.0. The van der Waals surface area contributed by atoms with Crippen molar-refractivity contribution in [3.05, 3.63) is 59.7 Å². The van der Waals surface area contributed by atoms with Gasteiger partial charge in [0.05, 0.1) is 10.9 Å². The molecule has 2 aromatic rings. The molecule has 0 saturated carbocycles. The van der Waals surface area contributed by atoms with Crippen molar-refractivity contribution in [1.82, 2.24) is 9.62 Å². The molecule has 176 valence electrons. The van der Waals surface area contributed by atoms with Gasteiger partial charge in [-0.15, -0.1) is 0 Å². The third-order valence-corrected chi connectivity index (χ3v) is 9.37. The molecule has 2 saturated heterocycles. The van der Waals surface area contributed by atoms with Crippen LogP contribution in [0.15, 0.2) is 53.4 Å². The number of nitrogens with zero attached hydrogens (tertiary/aromatic N) is 2. The molecule has 0 aromatic heterocycles. The van der Waals surface area contributed by atoms with E-state index in [0.717, 1.165) is 63.7 Å². The summed E-state index contributed by atoms with van der Waals surface area (Å²) in [6.45, 7) is 2.84. The van der Waals surface area contributed by atoms with Crippen molar-refractivity contribution in [3.63, 3.8) is 0 Å². The third-order valence-electron chi connectivity index (χ3n) is 7.46. The van der Waals surface area contributed by atoms with Gasteiger partial charge in [-0.3, -0.25) is 4.79 Å². The first-order chi connectivity index (χ1) is 16.0. The van der Waals surface area contributed by atoms with E-state index in [0.29, 0.717) is 18.0 Å². The summed E-state index contributed by atoms with van der Waals surface area (Å²) in [5.74, 6) is 0.202. The van der Waals surface area contributed by atoms with E-state index in [1.807, 2.05) is 12.1 Å². The van der Waals surface area contributed by atoms with Crippen molar-refractivity contribution in [2.45, 2.75) is 55.9 Å². The monoisotopic (exact) mass is 467 g/mol. The van der Waals surface area contributed by atoms with Crippen molar-refractivity contribution in [2.75, 3.05) is 31.1 Å². The van der Waals surface area contributed by atoms with Gasteiger partial charge in [-0.2, -0.15) is 4.31 Å². The number of anilines is 1. The van der Waals surface area contributed by atoms with Crippen LogP contribution in [0, 0.1) is 5.92 Å². The predicted octanol–water partition coefficient (Wildman–Crippen LogP) is 3.88. The van der Waals surface area contributed by atoms with E-state index >= 15 is 0 Å². The molecule has 2 heterocycles. The second kappa shape index (κ2) is 9.47. The second-order valence-corrected chi connectivity index (χ2v) is 11.5. The predicted molar refractivity (Wildman–Crippen MR) is 130 cm³/mol. The number of carbonyl (C=O) groups excluding carboxylic acids is 1. The molecular formula is C26H33N3O3S. The van der Waals surface area contributed by atoms with E-state index in [1.54, 1.807) is 16.4 Å². The summed E-state index contributed by atoms with van der Waals surface area (Å²) >= 11 is 0. The molecule has 5 rings (SSSR count). The molecule has 7 heteroatoms. The zero-order valence-electron chi connectivity index (χ0n) is 19.1. The molecule has 0 radical (unpaired) electrons. The summed E-state index contributed by atoms with van der Waals surface area (Å²) in [7, 11) is -3.38. The lowest BCUT2D eigenvalue weighted by Gasteiger charge is -2.34. The van der Waals surface area contributed by atoms with Crippen LogP contribution >= 0.6 is 0 Å². The van der Waals surface area contributed by atoms with Gasteiger partial charge >= 0.3 is 0 Å². The first-order valence-electron chi connectivity index (χ1n) is 12.3. The smallest absolute Gasteiger partial charge is 0.243 e.